The first kappa shape index (κ1) is 21.6. The lowest BCUT2D eigenvalue weighted by molar-refractivity contribution is 0.249. The zero-order chi connectivity index (χ0) is 23.1. The predicted octanol–water partition coefficient (Wildman–Crippen LogP) is 5.16. The molecule has 8 heteroatoms. The molecule has 0 spiro atoms. The monoisotopic (exact) mass is 487 g/mol. The quantitative estimate of drug-likeness (QED) is 0.310. The fourth-order valence-corrected chi connectivity index (χ4v) is 6.91. The second kappa shape index (κ2) is 9.02. The van der Waals surface area contributed by atoms with E-state index in [9.17, 15) is 4.79 Å². The van der Waals surface area contributed by atoms with E-state index in [4.69, 9.17) is 0 Å². The Labute approximate surface area is 205 Å². The summed E-state index contributed by atoms with van der Waals surface area (Å²) in [4.78, 5) is 18.7. The maximum Gasteiger partial charge on any atom is 0.268 e. The first-order valence-electron chi connectivity index (χ1n) is 11.6. The van der Waals surface area contributed by atoms with Gasteiger partial charge in [-0.2, -0.15) is 0 Å². The SMILES string of the molecule is CCCSc1nnc2n(-c3ccccc3)c(=O)c3c4c(sc3n12)CN(Cc1ccccc1)CC4. The van der Waals surface area contributed by atoms with Crippen LogP contribution in [0.5, 0.6) is 0 Å². The maximum atomic E-state index is 13.9. The summed E-state index contributed by atoms with van der Waals surface area (Å²) in [5, 5.41) is 10.7. The van der Waals surface area contributed by atoms with Gasteiger partial charge in [-0.05, 0) is 36.1 Å². The highest BCUT2D eigenvalue weighted by Gasteiger charge is 2.27. The first-order valence-corrected chi connectivity index (χ1v) is 13.4. The van der Waals surface area contributed by atoms with Gasteiger partial charge in [0.2, 0.25) is 5.78 Å². The van der Waals surface area contributed by atoms with E-state index < -0.39 is 0 Å². The number of hydrogen-bond donors (Lipinski definition) is 0. The van der Waals surface area contributed by atoms with Crippen molar-refractivity contribution in [3.8, 4) is 5.69 Å². The number of para-hydroxylation sites is 1. The molecular weight excluding hydrogens is 462 g/mol. The zero-order valence-electron chi connectivity index (χ0n) is 19.0. The van der Waals surface area contributed by atoms with Crippen LogP contribution in [-0.4, -0.2) is 36.4 Å². The van der Waals surface area contributed by atoms with Gasteiger partial charge in [0.05, 0.1) is 11.1 Å². The molecule has 5 aromatic rings. The topological polar surface area (TPSA) is 55.4 Å². The highest BCUT2D eigenvalue weighted by Crippen LogP contribution is 2.36. The maximum absolute atomic E-state index is 13.9. The van der Waals surface area contributed by atoms with Crippen LogP contribution in [-0.2, 0) is 19.5 Å². The lowest BCUT2D eigenvalue weighted by Gasteiger charge is -2.26. The Hall–Kier alpha value is -2.94. The Kier molecular flexibility index (Phi) is 5.72. The van der Waals surface area contributed by atoms with Gasteiger partial charge in [0, 0.05) is 30.3 Å². The number of thiophene rings is 1. The molecule has 4 heterocycles. The van der Waals surface area contributed by atoms with Crippen molar-refractivity contribution in [2.24, 2.45) is 0 Å². The van der Waals surface area contributed by atoms with E-state index in [-0.39, 0.29) is 5.56 Å². The fourth-order valence-electron chi connectivity index (χ4n) is 4.68. The third-order valence-electron chi connectivity index (χ3n) is 6.25. The van der Waals surface area contributed by atoms with Crippen LogP contribution in [0.1, 0.15) is 29.3 Å². The number of hydrogen-bond acceptors (Lipinski definition) is 6. The summed E-state index contributed by atoms with van der Waals surface area (Å²) in [5.41, 5.74) is 3.33. The molecule has 34 heavy (non-hydrogen) atoms. The van der Waals surface area contributed by atoms with Crippen molar-refractivity contribution in [1.29, 1.82) is 0 Å². The molecule has 172 valence electrons. The van der Waals surface area contributed by atoms with Crippen LogP contribution in [0.25, 0.3) is 21.7 Å². The third kappa shape index (κ3) is 3.66. The number of nitrogens with zero attached hydrogens (tertiary/aromatic N) is 5. The highest BCUT2D eigenvalue weighted by atomic mass is 32.2. The lowest BCUT2D eigenvalue weighted by Crippen LogP contribution is -2.30. The zero-order valence-corrected chi connectivity index (χ0v) is 20.6. The van der Waals surface area contributed by atoms with Gasteiger partial charge in [-0.1, -0.05) is 67.2 Å². The lowest BCUT2D eigenvalue weighted by atomic mass is 10.0. The van der Waals surface area contributed by atoms with Gasteiger partial charge in [-0.15, -0.1) is 21.5 Å². The second-order valence-electron chi connectivity index (χ2n) is 8.57. The molecule has 3 aromatic heterocycles. The predicted molar refractivity (Wildman–Crippen MR) is 139 cm³/mol. The highest BCUT2D eigenvalue weighted by molar-refractivity contribution is 7.99. The Morgan fingerprint density at radius 3 is 2.56 bits per heavy atom. The largest absolute Gasteiger partial charge is 0.294 e. The van der Waals surface area contributed by atoms with Crippen molar-refractivity contribution in [2.75, 3.05) is 12.3 Å². The van der Waals surface area contributed by atoms with Gasteiger partial charge in [-0.3, -0.25) is 9.69 Å². The number of thioether (sulfide) groups is 1. The Bertz CT molecular complexity index is 1520. The molecule has 6 rings (SSSR count). The van der Waals surface area contributed by atoms with E-state index in [2.05, 4.69) is 56.8 Å². The van der Waals surface area contributed by atoms with Crippen molar-refractivity contribution >= 4 is 39.1 Å². The van der Waals surface area contributed by atoms with Gasteiger partial charge in [0.1, 0.15) is 4.83 Å². The minimum Gasteiger partial charge on any atom is -0.294 e. The molecule has 0 saturated carbocycles. The molecule has 0 bridgehead atoms. The van der Waals surface area contributed by atoms with E-state index in [1.165, 1.54) is 16.0 Å². The molecule has 2 aromatic carbocycles. The molecule has 0 amide bonds. The van der Waals surface area contributed by atoms with E-state index in [0.29, 0.717) is 5.78 Å². The van der Waals surface area contributed by atoms with Gasteiger partial charge in [-0.25, -0.2) is 8.97 Å². The van der Waals surface area contributed by atoms with Gasteiger partial charge in [0.15, 0.2) is 5.16 Å². The number of aromatic nitrogens is 4. The summed E-state index contributed by atoms with van der Waals surface area (Å²) in [6.07, 6.45) is 1.92. The van der Waals surface area contributed by atoms with Gasteiger partial charge in [0.25, 0.3) is 5.56 Å². The average molecular weight is 488 g/mol. The van der Waals surface area contributed by atoms with E-state index in [0.717, 1.165) is 59.3 Å². The van der Waals surface area contributed by atoms with Crippen LogP contribution in [0.3, 0.4) is 0 Å². The molecule has 0 radical (unpaired) electrons. The molecule has 0 N–H and O–H groups in total. The molecule has 0 atom stereocenters. The molecule has 0 fully saturated rings. The van der Waals surface area contributed by atoms with E-state index >= 15 is 0 Å². The standard InChI is InChI=1S/C26H25N5OS2/c1-2-15-33-26-28-27-25-30(19-11-7-4-8-12-19)23(32)22-20-13-14-29(16-18-9-5-3-6-10-18)17-21(20)34-24(22)31(25)26/h3-12H,2,13-17H2,1H3. The van der Waals surface area contributed by atoms with Crippen LogP contribution in [0.15, 0.2) is 70.6 Å². The molecule has 0 aliphatic carbocycles. The van der Waals surface area contributed by atoms with Crippen molar-refractivity contribution in [3.05, 3.63) is 87.0 Å². The average Bonchev–Trinajstić information content (AvgIpc) is 3.45. The van der Waals surface area contributed by atoms with Crippen molar-refractivity contribution in [1.82, 2.24) is 24.1 Å². The van der Waals surface area contributed by atoms with Crippen molar-refractivity contribution < 1.29 is 0 Å². The van der Waals surface area contributed by atoms with Crippen LogP contribution in [0, 0.1) is 0 Å². The fraction of sp³-hybridized carbons (Fsp3) is 0.269. The molecule has 6 nitrogen and oxygen atoms in total. The Morgan fingerprint density at radius 2 is 1.79 bits per heavy atom. The minimum absolute atomic E-state index is 0.00199. The Morgan fingerprint density at radius 1 is 1.03 bits per heavy atom. The summed E-state index contributed by atoms with van der Waals surface area (Å²) in [6.45, 7) is 4.88. The van der Waals surface area contributed by atoms with Gasteiger partial charge >= 0.3 is 0 Å². The van der Waals surface area contributed by atoms with E-state index in [1.807, 2.05) is 30.3 Å². The molecular formula is C26H25N5OS2. The molecule has 1 aliphatic heterocycles. The smallest absolute Gasteiger partial charge is 0.268 e. The molecule has 0 saturated heterocycles. The number of benzene rings is 2. The summed E-state index contributed by atoms with van der Waals surface area (Å²) in [5.74, 6) is 1.55. The summed E-state index contributed by atoms with van der Waals surface area (Å²) in [7, 11) is 0. The molecule has 0 unspecified atom stereocenters. The van der Waals surface area contributed by atoms with E-state index in [1.54, 1.807) is 27.7 Å². The Balaban J connectivity index is 1.53. The summed E-state index contributed by atoms with van der Waals surface area (Å²) < 4.78 is 3.84. The minimum atomic E-state index is 0.00199. The van der Waals surface area contributed by atoms with Crippen LogP contribution in [0.2, 0.25) is 0 Å². The second-order valence-corrected chi connectivity index (χ2v) is 10.7. The number of fused-ring (bicyclic) bond motifs is 5. The summed E-state index contributed by atoms with van der Waals surface area (Å²) in [6, 6.07) is 20.4. The third-order valence-corrected chi connectivity index (χ3v) is 8.59. The van der Waals surface area contributed by atoms with Crippen LogP contribution in [0.4, 0.5) is 0 Å². The normalized spacial score (nSPS) is 14.1. The number of rotatable bonds is 6. The first-order chi connectivity index (χ1) is 16.7. The van der Waals surface area contributed by atoms with Crippen molar-refractivity contribution in [3.63, 3.8) is 0 Å². The van der Waals surface area contributed by atoms with Crippen LogP contribution >= 0.6 is 23.1 Å². The summed E-state index contributed by atoms with van der Waals surface area (Å²) >= 11 is 3.43. The molecule has 1 aliphatic rings. The van der Waals surface area contributed by atoms with Crippen molar-refractivity contribution in [2.45, 2.75) is 38.0 Å². The van der Waals surface area contributed by atoms with Crippen LogP contribution < -0.4 is 5.56 Å². The van der Waals surface area contributed by atoms with Gasteiger partial charge < -0.3 is 0 Å².